The topological polar surface area (TPSA) is 38.3 Å². The normalized spacial score (nSPS) is 11.4. The predicted molar refractivity (Wildman–Crippen MR) is 78.0 cm³/mol. The van der Waals surface area contributed by atoms with Crippen LogP contribution in [0.2, 0.25) is 0 Å². The molecule has 0 fully saturated rings. The second-order valence-corrected chi connectivity index (χ2v) is 5.98. The Morgan fingerprint density at radius 1 is 1.39 bits per heavy atom. The van der Waals surface area contributed by atoms with Gasteiger partial charge in [-0.3, -0.25) is 4.79 Å². The van der Waals surface area contributed by atoms with Crippen LogP contribution in [-0.4, -0.2) is 18.6 Å². The fourth-order valence-electron chi connectivity index (χ4n) is 1.72. The van der Waals surface area contributed by atoms with Crippen molar-refractivity contribution in [3.8, 4) is 0 Å². The number of anilines is 1. The average molecular weight is 314 g/mol. The molecular formula is C14H20BrNO2. The van der Waals surface area contributed by atoms with Gasteiger partial charge in [-0.1, -0.05) is 6.07 Å². The van der Waals surface area contributed by atoms with E-state index in [4.69, 9.17) is 4.74 Å². The Hall–Kier alpha value is -0.870. The highest BCUT2D eigenvalue weighted by atomic mass is 79.9. The van der Waals surface area contributed by atoms with Crippen LogP contribution in [0.15, 0.2) is 16.6 Å². The van der Waals surface area contributed by atoms with Crippen LogP contribution in [0.3, 0.4) is 0 Å². The minimum absolute atomic E-state index is 0.0468. The van der Waals surface area contributed by atoms with Crippen LogP contribution >= 0.6 is 15.9 Å². The summed E-state index contributed by atoms with van der Waals surface area (Å²) in [6.07, 6.45) is 0.323. The first kappa shape index (κ1) is 15.2. The summed E-state index contributed by atoms with van der Waals surface area (Å²) in [4.78, 5) is 12.0. The average Bonchev–Trinajstić information content (AvgIpc) is 2.22. The Balaban J connectivity index is 2.83. The molecule has 3 nitrogen and oxygen atoms in total. The first-order valence-electron chi connectivity index (χ1n) is 5.87. The van der Waals surface area contributed by atoms with E-state index in [-0.39, 0.29) is 5.91 Å². The lowest BCUT2D eigenvalue weighted by Gasteiger charge is -2.22. The van der Waals surface area contributed by atoms with Gasteiger partial charge in [-0.05, 0) is 60.8 Å². The standard InChI is InChI=1S/C14H20BrNO2/c1-9-6-10(2)13(11(15)7-9)16-12(17)8-14(3,4)18-5/h6-7H,8H2,1-5H3,(H,16,17). The highest BCUT2D eigenvalue weighted by Gasteiger charge is 2.21. The Labute approximate surface area is 117 Å². The van der Waals surface area contributed by atoms with Gasteiger partial charge in [-0.2, -0.15) is 0 Å². The lowest BCUT2D eigenvalue weighted by molar-refractivity contribution is -0.121. The van der Waals surface area contributed by atoms with E-state index in [1.807, 2.05) is 39.8 Å². The smallest absolute Gasteiger partial charge is 0.227 e. The number of methoxy groups -OCH3 is 1. The summed E-state index contributed by atoms with van der Waals surface area (Å²) in [5.74, 6) is -0.0468. The molecule has 1 aromatic rings. The van der Waals surface area contributed by atoms with E-state index in [1.54, 1.807) is 7.11 Å². The number of amides is 1. The number of halogens is 1. The van der Waals surface area contributed by atoms with Crippen LogP contribution in [-0.2, 0) is 9.53 Å². The minimum Gasteiger partial charge on any atom is -0.378 e. The highest BCUT2D eigenvalue weighted by molar-refractivity contribution is 9.10. The summed E-state index contributed by atoms with van der Waals surface area (Å²) in [6.45, 7) is 7.79. The Morgan fingerprint density at radius 2 is 2.00 bits per heavy atom. The van der Waals surface area contributed by atoms with Crippen LogP contribution in [0.25, 0.3) is 0 Å². The fraction of sp³-hybridized carbons (Fsp3) is 0.500. The maximum atomic E-state index is 12.0. The van der Waals surface area contributed by atoms with E-state index in [2.05, 4.69) is 21.2 Å². The van der Waals surface area contributed by atoms with Crippen LogP contribution in [0.1, 0.15) is 31.4 Å². The molecule has 100 valence electrons. The SMILES string of the molecule is COC(C)(C)CC(=O)Nc1c(C)cc(C)cc1Br. The van der Waals surface area contributed by atoms with Gasteiger partial charge in [0.15, 0.2) is 0 Å². The fourth-order valence-corrected chi connectivity index (χ4v) is 2.49. The number of hydrogen-bond acceptors (Lipinski definition) is 2. The molecule has 0 heterocycles. The first-order chi connectivity index (χ1) is 8.25. The Morgan fingerprint density at radius 3 is 2.50 bits per heavy atom. The molecule has 0 saturated heterocycles. The van der Waals surface area contributed by atoms with E-state index in [9.17, 15) is 4.79 Å². The number of hydrogen-bond donors (Lipinski definition) is 1. The summed E-state index contributed by atoms with van der Waals surface area (Å²) in [5.41, 5.74) is 2.59. The molecule has 0 bridgehead atoms. The van der Waals surface area contributed by atoms with Crippen molar-refractivity contribution in [1.82, 2.24) is 0 Å². The molecule has 0 radical (unpaired) electrons. The lowest BCUT2D eigenvalue weighted by Crippen LogP contribution is -2.29. The van der Waals surface area contributed by atoms with Crippen LogP contribution < -0.4 is 5.32 Å². The van der Waals surface area contributed by atoms with Gasteiger partial charge in [0.1, 0.15) is 0 Å². The van der Waals surface area contributed by atoms with Crippen molar-refractivity contribution in [3.63, 3.8) is 0 Å². The number of aryl methyl sites for hydroxylation is 2. The van der Waals surface area contributed by atoms with Gasteiger partial charge >= 0.3 is 0 Å². The van der Waals surface area contributed by atoms with Crippen molar-refractivity contribution in [2.75, 3.05) is 12.4 Å². The maximum Gasteiger partial charge on any atom is 0.227 e. The largest absolute Gasteiger partial charge is 0.378 e. The number of benzene rings is 1. The molecule has 0 aliphatic heterocycles. The van der Waals surface area contributed by atoms with E-state index in [1.165, 1.54) is 0 Å². The second-order valence-electron chi connectivity index (χ2n) is 5.13. The number of nitrogens with one attached hydrogen (secondary N) is 1. The quantitative estimate of drug-likeness (QED) is 0.917. The molecule has 0 saturated carbocycles. The monoisotopic (exact) mass is 313 g/mol. The highest BCUT2D eigenvalue weighted by Crippen LogP contribution is 2.28. The van der Waals surface area contributed by atoms with Gasteiger partial charge in [0.2, 0.25) is 5.91 Å². The zero-order valence-electron chi connectivity index (χ0n) is 11.6. The third-order valence-corrected chi connectivity index (χ3v) is 3.46. The van der Waals surface area contributed by atoms with Crippen LogP contribution in [0.5, 0.6) is 0 Å². The maximum absolute atomic E-state index is 12.0. The molecule has 0 aromatic heterocycles. The molecule has 0 unspecified atom stereocenters. The molecule has 1 amide bonds. The minimum atomic E-state index is -0.449. The second kappa shape index (κ2) is 5.85. The van der Waals surface area contributed by atoms with Gasteiger partial charge in [-0.25, -0.2) is 0 Å². The molecule has 18 heavy (non-hydrogen) atoms. The van der Waals surface area contributed by atoms with Crippen LogP contribution in [0.4, 0.5) is 5.69 Å². The Bertz CT molecular complexity index is 432. The molecular weight excluding hydrogens is 294 g/mol. The first-order valence-corrected chi connectivity index (χ1v) is 6.66. The summed E-state index contributed by atoms with van der Waals surface area (Å²) in [7, 11) is 1.61. The van der Waals surface area contributed by atoms with E-state index >= 15 is 0 Å². The molecule has 1 aromatic carbocycles. The predicted octanol–water partition coefficient (Wildman–Crippen LogP) is 3.82. The lowest BCUT2D eigenvalue weighted by atomic mass is 10.0. The summed E-state index contributed by atoms with van der Waals surface area (Å²) < 4.78 is 6.16. The molecule has 1 N–H and O–H groups in total. The number of rotatable bonds is 4. The third kappa shape index (κ3) is 4.10. The van der Waals surface area contributed by atoms with Crippen molar-refractivity contribution in [2.24, 2.45) is 0 Å². The molecule has 0 aliphatic carbocycles. The summed E-state index contributed by atoms with van der Waals surface area (Å²) in [6, 6.07) is 4.03. The van der Waals surface area contributed by atoms with Gasteiger partial charge in [0.25, 0.3) is 0 Å². The zero-order valence-corrected chi connectivity index (χ0v) is 13.1. The molecule has 1 rings (SSSR count). The van der Waals surface area contributed by atoms with Crippen molar-refractivity contribution < 1.29 is 9.53 Å². The van der Waals surface area contributed by atoms with E-state index in [0.717, 1.165) is 21.3 Å². The van der Waals surface area contributed by atoms with Gasteiger partial charge in [0.05, 0.1) is 17.7 Å². The van der Waals surface area contributed by atoms with Gasteiger partial charge in [-0.15, -0.1) is 0 Å². The van der Waals surface area contributed by atoms with E-state index < -0.39 is 5.60 Å². The van der Waals surface area contributed by atoms with Crippen molar-refractivity contribution >= 4 is 27.5 Å². The summed E-state index contributed by atoms with van der Waals surface area (Å²) in [5, 5.41) is 2.93. The zero-order chi connectivity index (χ0) is 13.9. The van der Waals surface area contributed by atoms with E-state index in [0.29, 0.717) is 6.42 Å². The molecule has 0 atom stereocenters. The van der Waals surface area contributed by atoms with Crippen molar-refractivity contribution in [3.05, 3.63) is 27.7 Å². The number of carbonyl (C=O) groups excluding carboxylic acids is 1. The number of ether oxygens (including phenoxy) is 1. The molecule has 4 heteroatoms. The van der Waals surface area contributed by atoms with Gasteiger partial charge < -0.3 is 10.1 Å². The van der Waals surface area contributed by atoms with Gasteiger partial charge in [0, 0.05) is 11.6 Å². The third-order valence-electron chi connectivity index (χ3n) is 2.84. The number of carbonyl (C=O) groups is 1. The van der Waals surface area contributed by atoms with Crippen molar-refractivity contribution in [1.29, 1.82) is 0 Å². The van der Waals surface area contributed by atoms with Crippen molar-refractivity contribution in [2.45, 2.75) is 39.7 Å². The molecule has 0 aliphatic rings. The van der Waals surface area contributed by atoms with Crippen LogP contribution in [0, 0.1) is 13.8 Å². The Kier molecular flexibility index (Phi) is 4.93. The molecule has 0 spiro atoms. The summed E-state index contributed by atoms with van der Waals surface area (Å²) >= 11 is 3.48.